The Balaban J connectivity index is 2.59. The highest BCUT2D eigenvalue weighted by molar-refractivity contribution is 5.95. The minimum atomic E-state index is -1.25. The van der Waals surface area contributed by atoms with Gasteiger partial charge in [-0.15, -0.1) is 0 Å². The Kier molecular flexibility index (Phi) is 5.40. The molecule has 0 saturated heterocycles. The lowest BCUT2D eigenvalue weighted by Gasteiger charge is -2.08. The number of anilines is 1. The third kappa shape index (κ3) is 4.71. The number of aromatic hydroxyl groups is 1. The lowest BCUT2D eigenvalue weighted by atomic mass is 10.2. The van der Waals surface area contributed by atoms with Gasteiger partial charge in [0.15, 0.2) is 0 Å². The molecular formula is C13H16N2O4. The summed E-state index contributed by atoms with van der Waals surface area (Å²) in [5.74, 6) is -1.60. The van der Waals surface area contributed by atoms with E-state index in [2.05, 4.69) is 10.6 Å². The minimum absolute atomic E-state index is 0.258. The SMILES string of the molecule is C/C=C/CCNC(=O)Nc1ccc(O)c(C(=O)O)c1. The van der Waals surface area contributed by atoms with Crippen molar-refractivity contribution in [3.63, 3.8) is 0 Å². The number of allylic oxidation sites excluding steroid dienone is 1. The molecule has 0 fully saturated rings. The van der Waals surface area contributed by atoms with Gasteiger partial charge in [0.05, 0.1) is 0 Å². The highest BCUT2D eigenvalue weighted by Crippen LogP contribution is 2.21. The van der Waals surface area contributed by atoms with E-state index in [9.17, 15) is 14.7 Å². The second-order valence-electron chi connectivity index (χ2n) is 3.78. The number of carboxylic acids is 1. The third-order valence-corrected chi connectivity index (χ3v) is 2.32. The number of urea groups is 1. The Morgan fingerprint density at radius 2 is 2.11 bits per heavy atom. The van der Waals surface area contributed by atoms with Crippen LogP contribution in [0.2, 0.25) is 0 Å². The number of benzene rings is 1. The summed E-state index contributed by atoms with van der Waals surface area (Å²) < 4.78 is 0. The van der Waals surface area contributed by atoms with Crippen molar-refractivity contribution >= 4 is 17.7 Å². The molecule has 0 atom stereocenters. The largest absolute Gasteiger partial charge is 0.507 e. The molecule has 1 aromatic rings. The van der Waals surface area contributed by atoms with Crippen LogP contribution in [0.5, 0.6) is 5.75 Å². The van der Waals surface area contributed by atoms with Crippen molar-refractivity contribution in [1.29, 1.82) is 0 Å². The van der Waals surface area contributed by atoms with Crippen LogP contribution in [0.3, 0.4) is 0 Å². The molecule has 0 heterocycles. The van der Waals surface area contributed by atoms with Gasteiger partial charge in [-0.2, -0.15) is 0 Å². The van der Waals surface area contributed by atoms with E-state index in [-0.39, 0.29) is 11.3 Å². The first-order valence-electron chi connectivity index (χ1n) is 5.77. The highest BCUT2D eigenvalue weighted by Gasteiger charge is 2.11. The number of aromatic carboxylic acids is 1. The Morgan fingerprint density at radius 1 is 1.37 bits per heavy atom. The predicted octanol–water partition coefficient (Wildman–Crippen LogP) is 2.18. The molecule has 19 heavy (non-hydrogen) atoms. The van der Waals surface area contributed by atoms with E-state index in [4.69, 9.17) is 5.11 Å². The van der Waals surface area contributed by atoms with Gasteiger partial charge in [-0.1, -0.05) is 12.2 Å². The summed E-state index contributed by atoms with van der Waals surface area (Å²) in [6.07, 6.45) is 4.53. The summed E-state index contributed by atoms with van der Waals surface area (Å²) in [6, 6.07) is 3.42. The molecule has 0 aromatic heterocycles. The molecule has 4 N–H and O–H groups in total. The number of hydrogen-bond donors (Lipinski definition) is 4. The number of rotatable bonds is 5. The van der Waals surface area contributed by atoms with Crippen molar-refractivity contribution in [1.82, 2.24) is 5.32 Å². The van der Waals surface area contributed by atoms with Gasteiger partial charge >= 0.3 is 12.0 Å². The summed E-state index contributed by atoms with van der Waals surface area (Å²) in [4.78, 5) is 22.3. The Bertz CT molecular complexity index is 497. The first-order valence-corrected chi connectivity index (χ1v) is 5.77. The van der Waals surface area contributed by atoms with Crippen LogP contribution in [0.1, 0.15) is 23.7 Å². The number of nitrogens with one attached hydrogen (secondary N) is 2. The summed E-state index contributed by atoms with van der Waals surface area (Å²) >= 11 is 0. The Morgan fingerprint density at radius 3 is 2.74 bits per heavy atom. The maximum atomic E-state index is 11.5. The van der Waals surface area contributed by atoms with Crippen molar-refractivity contribution in [3.8, 4) is 5.75 Å². The van der Waals surface area contributed by atoms with Gasteiger partial charge in [0, 0.05) is 12.2 Å². The van der Waals surface area contributed by atoms with Crippen molar-refractivity contribution < 1.29 is 19.8 Å². The monoisotopic (exact) mass is 264 g/mol. The fourth-order valence-electron chi connectivity index (χ4n) is 1.40. The van der Waals surface area contributed by atoms with Crippen LogP contribution in [0.15, 0.2) is 30.4 Å². The first-order chi connectivity index (χ1) is 9.04. The van der Waals surface area contributed by atoms with E-state index in [1.54, 1.807) is 0 Å². The second-order valence-corrected chi connectivity index (χ2v) is 3.78. The molecule has 0 bridgehead atoms. The van der Waals surface area contributed by atoms with Crippen LogP contribution in [-0.4, -0.2) is 28.8 Å². The van der Waals surface area contributed by atoms with Crippen LogP contribution in [0, 0.1) is 0 Å². The van der Waals surface area contributed by atoms with Crippen LogP contribution >= 0.6 is 0 Å². The zero-order valence-electron chi connectivity index (χ0n) is 10.5. The van der Waals surface area contributed by atoms with E-state index in [0.29, 0.717) is 12.2 Å². The molecule has 1 rings (SSSR count). The zero-order chi connectivity index (χ0) is 14.3. The molecule has 6 nitrogen and oxygen atoms in total. The maximum absolute atomic E-state index is 11.5. The second kappa shape index (κ2) is 7.05. The van der Waals surface area contributed by atoms with Crippen molar-refractivity contribution in [3.05, 3.63) is 35.9 Å². The van der Waals surface area contributed by atoms with Gasteiger partial charge < -0.3 is 20.8 Å². The smallest absolute Gasteiger partial charge is 0.339 e. The molecule has 0 radical (unpaired) electrons. The highest BCUT2D eigenvalue weighted by atomic mass is 16.4. The van der Waals surface area contributed by atoms with E-state index in [1.807, 2.05) is 19.1 Å². The summed E-state index contributed by atoms with van der Waals surface area (Å²) in [6.45, 7) is 2.38. The summed E-state index contributed by atoms with van der Waals surface area (Å²) in [5.41, 5.74) is 0.0467. The molecule has 6 heteroatoms. The van der Waals surface area contributed by atoms with Gasteiger partial charge in [0.25, 0.3) is 0 Å². The number of carboxylic acid groups (broad SMARTS) is 1. The predicted molar refractivity (Wildman–Crippen MR) is 71.5 cm³/mol. The van der Waals surface area contributed by atoms with E-state index in [1.165, 1.54) is 18.2 Å². The lowest BCUT2D eigenvalue weighted by molar-refractivity contribution is 0.0693. The summed E-state index contributed by atoms with van der Waals surface area (Å²) in [7, 11) is 0. The molecule has 2 amide bonds. The average molecular weight is 264 g/mol. The number of carbonyl (C=O) groups is 2. The molecule has 1 aromatic carbocycles. The molecule has 102 valence electrons. The van der Waals surface area contributed by atoms with Crippen molar-refractivity contribution in [2.45, 2.75) is 13.3 Å². The van der Waals surface area contributed by atoms with Gasteiger partial charge in [0.2, 0.25) is 0 Å². The van der Waals surface area contributed by atoms with Crippen molar-refractivity contribution in [2.75, 3.05) is 11.9 Å². The van der Waals surface area contributed by atoms with E-state index < -0.39 is 12.0 Å². The fourth-order valence-corrected chi connectivity index (χ4v) is 1.40. The molecule has 0 aliphatic rings. The lowest BCUT2D eigenvalue weighted by Crippen LogP contribution is -2.29. The standard InChI is InChI=1S/C13H16N2O4/c1-2-3-4-7-14-13(19)15-9-5-6-11(16)10(8-9)12(17)18/h2-3,5-6,8,16H,4,7H2,1H3,(H,17,18)(H2,14,15,19)/b3-2+. The Labute approximate surface area is 110 Å². The average Bonchev–Trinajstić information content (AvgIpc) is 2.36. The van der Waals surface area contributed by atoms with Crippen LogP contribution in [-0.2, 0) is 0 Å². The normalized spacial score (nSPS) is 10.4. The molecule has 0 aliphatic carbocycles. The number of amides is 2. The maximum Gasteiger partial charge on any atom is 0.339 e. The van der Waals surface area contributed by atoms with E-state index in [0.717, 1.165) is 6.42 Å². The topological polar surface area (TPSA) is 98.7 Å². The third-order valence-electron chi connectivity index (χ3n) is 2.32. The summed E-state index contributed by atoms with van der Waals surface area (Å²) in [5, 5.41) is 23.3. The minimum Gasteiger partial charge on any atom is -0.507 e. The molecule has 0 saturated carbocycles. The van der Waals surface area contributed by atoms with Gasteiger partial charge in [-0.05, 0) is 31.5 Å². The van der Waals surface area contributed by atoms with Crippen LogP contribution in [0.25, 0.3) is 0 Å². The molecular weight excluding hydrogens is 248 g/mol. The van der Waals surface area contributed by atoms with E-state index >= 15 is 0 Å². The first kappa shape index (κ1) is 14.6. The van der Waals surface area contributed by atoms with Gasteiger partial charge in [0.1, 0.15) is 11.3 Å². The fraction of sp³-hybridized carbons (Fsp3) is 0.231. The van der Waals surface area contributed by atoms with Crippen molar-refractivity contribution in [2.24, 2.45) is 0 Å². The molecule has 0 spiro atoms. The van der Waals surface area contributed by atoms with Gasteiger partial charge in [-0.25, -0.2) is 9.59 Å². The number of carbonyl (C=O) groups excluding carboxylic acids is 1. The van der Waals surface area contributed by atoms with Crippen LogP contribution in [0.4, 0.5) is 10.5 Å². The number of hydrogen-bond acceptors (Lipinski definition) is 3. The Hall–Kier alpha value is -2.50. The molecule has 0 aliphatic heterocycles. The zero-order valence-corrected chi connectivity index (χ0v) is 10.5. The van der Waals surface area contributed by atoms with Crippen LogP contribution < -0.4 is 10.6 Å². The molecule has 0 unspecified atom stereocenters. The quantitative estimate of drug-likeness (QED) is 0.372. The number of phenols is 1. The van der Waals surface area contributed by atoms with Gasteiger partial charge in [-0.3, -0.25) is 0 Å².